The molecule has 0 aliphatic carbocycles. The van der Waals surface area contributed by atoms with E-state index in [9.17, 15) is 0 Å². The molecule has 0 aliphatic heterocycles. The largest absolute Gasteiger partial charge is 0.382 e. The minimum absolute atomic E-state index is 0.264. The Bertz CT molecular complexity index is 527. The molecule has 0 unspecified atom stereocenters. The summed E-state index contributed by atoms with van der Waals surface area (Å²) in [5, 5.41) is 4.24. The molecule has 2 aromatic rings. The predicted molar refractivity (Wildman–Crippen MR) is 64.8 cm³/mol. The van der Waals surface area contributed by atoms with Crippen molar-refractivity contribution in [3.63, 3.8) is 0 Å². The van der Waals surface area contributed by atoms with Crippen LogP contribution in [0, 0.1) is 6.92 Å². The highest BCUT2D eigenvalue weighted by Gasteiger charge is 2.13. The smallest absolute Gasteiger partial charge is 0.153 e. The molecule has 0 fully saturated rings. The van der Waals surface area contributed by atoms with Crippen LogP contribution in [-0.4, -0.2) is 22.2 Å². The number of anilines is 2. The fraction of sp³-hybridized carbons (Fsp3) is 0.300. The van der Waals surface area contributed by atoms with Gasteiger partial charge in [0.2, 0.25) is 0 Å². The van der Waals surface area contributed by atoms with Crippen molar-refractivity contribution in [1.29, 1.82) is 0 Å². The van der Waals surface area contributed by atoms with Crippen molar-refractivity contribution in [1.82, 2.24) is 15.1 Å². The molecular formula is C10H12ClN5O. The topological polar surface area (TPSA) is 81.1 Å². The quantitative estimate of drug-likeness (QED) is 0.896. The monoisotopic (exact) mass is 253 g/mol. The van der Waals surface area contributed by atoms with Crippen LogP contribution in [-0.2, 0) is 6.54 Å². The van der Waals surface area contributed by atoms with E-state index in [-0.39, 0.29) is 5.82 Å². The molecule has 2 N–H and O–H groups in total. The van der Waals surface area contributed by atoms with E-state index in [2.05, 4.69) is 15.1 Å². The van der Waals surface area contributed by atoms with E-state index in [1.54, 1.807) is 0 Å². The molecule has 2 aromatic heterocycles. The molecule has 0 aromatic carbocycles. The standard InChI is InChI=1S/C10H12ClN5O/c1-6-3-7(15-17-6)4-16(2)10-8(11)9(12)13-5-14-10/h3,5H,4H2,1-2H3,(H2,12,13,14). The number of aryl methyl sites for hydroxylation is 1. The van der Waals surface area contributed by atoms with E-state index in [0.29, 0.717) is 17.4 Å². The van der Waals surface area contributed by atoms with E-state index in [0.717, 1.165) is 11.5 Å². The molecule has 0 aliphatic rings. The maximum absolute atomic E-state index is 6.02. The third kappa shape index (κ3) is 2.47. The predicted octanol–water partition coefficient (Wildman–Crippen LogP) is 1.65. The van der Waals surface area contributed by atoms with Crippen molar-refractivity contribution in [2.75, 3.05) is 17.7 Å². The summed E-state index contributed by atoms with van der Waals surface area (Å²) in [6.07, 6.45) is 1.38. The highest BCUT2D eigenvalue weighted by Crippen LogP contribution is 2.26. The number of hydrogen-bond donors (Lipinski definition) is 1. The summed E-state index contributed by atoms with van der Waals surface area (Å²) in [6.45, 7) is 2.37. The molecule has 2 heterocycles. The van der Waals surface area contributed by atoms with Gasteiger partial charge in [-0.1, -0.05) is 16.8 Å². The molecule has 0 saturated heterocycles. The number of nitrogen functional groups attached to an aromatic ring is 1. The maximum Gasteiger partial charge on any atom is 0.153 e. The fourth-order valence-corrected chi connectivity index (χ4v) is 1.69. The zero-order valence-corrected chi connectivity index (χ0v) is 10.3. The lowest BCUT2D eigenvalue weighted by molar-refractivity contribution is 0.390. The second-order valence-corrected chi connectivity index (χ2v) is 4.06. The summed E-state index contributed by atoms with van der Waals surface area (Å²) in [7, 11) is 1.84. The van der Waals surface area contributed by atoms with Crippen LogP contribution in [0.4, 0.5) is 11.6 Å². The van der Waals surface area contributed by atoms with E-state index >= 15 is 0 Å². The number of hydrogen-bond acceptors (Lipinski definition) is 6. The normalized spacial score (nSPS) is 10.5. The Hall–Kier alpha value is -1.82. The van der Waals surface area contributed by atoms with Crippen molar-refractivity contribution >= 4 is 23.2 Å². The number of nitrogens with zero attached hydrogens (tertiary/aromatic N) is 4. The lowest BCUT2D eigenvalue weighted by Crippen LogP contribution is -2.19. The number of nitrogens with two attached hydrogens (primary N) is 1. The molecule has 17 heavy (non-hydrogen) atoms. The molecule has 0 radical (unpaired) electrons. The highest BCUT2D eigenvalue weighted by molar-refractivity contribution is 6.35. The van der Waals surface area contributed by atoms with Crippen LogP contribution < -0.4 is 10.6 Å². The summed E-state index contributed by atoms with van der Waals surface area (Å²) in [4.78, 5) is 9.72. The molecule has 6 nitrogen and oxygen atoms in total. The van der Waals surface area contributed by atoms with E-state index < -0.39 is 0 Å². The first-order chi connectivity index (χ1) is 8.08. The SMILES string of the molecule is Cc1cc(CN(C)c2ncnc(N)c2Cl)no1. The van der Waals surface area contributed by atoms with Gasteiger partial charge < -0.3 is 15.2 Å². The van der Waals surface area contributed by atoms with Gasteiger partial charge in [-0.3, -0.25) is 0 Å². The van der Waals surface area contributed by atoms with Crippen molar-refractivity contribution in [3.05, 3.63) is 28.9 Å². The van der Waals surface area contributed by atoms with Crippen molar-refractivity contribution in [2.24, 2.45) is 0 Å². The Balaban J connectivity index is 2.20. The van der Waals surface area contributed by atoms with Gasteiger partial charge in [-0.2, -0.15) is 0 Å². The summed E-state index contributed by atoms with van der Waals surface area (Å²) < 4.78 is 4.99. The Morgan fingerprint density at radius 3 is 2.88 bits per heavy atom. The molecule has 0 amide bonds. The minimum Gasteiger partial charge on any atom is -0.382 e. The van der Waals surface area contributed by atoms with Gasteiger partial charge in [0.05, 0.1) is 6.54 Å². The van der Waals surface area contributed by atoms with Crippen LogP contribution in [0.3, 0.4) is 0 Å². The average Bonchev–Trinajstić information content (AvgIpc) is 2.68. The Kier molecular flexibility index (Phi) is 3.14. The molecular weight excluding hydrogens is 242 g/mol. The summed E-state index contributed by atoms with van der Waals surface area (Å²) >= 11 is 6.02. The summed E-state index contributed by atoms with van der Waals surface area (Å²) in [6, 6.07) is 1.86. The highest BCUT2D eigenvalue weighted by atomic mass is 35.5. The van der Waals surface area contributed by atoms with Crippen LogP contribution >= 0.6 is 11.6 Å². The third-order valence-electron chi connectivity index (χ3n) is 2.24. The summed E-state index contributed by atoms with van der Waals surface area (Å²) in [5.74, 6) is 1.60. The molecule has 90 valence electrons. The second-order valence-electron chi connectivity index (χ2n) is 3.68. The van der Waals surface area contributed by atoms with Gasteiger partial charge in [0.25, 0.3) is 0 Å². The Labute approximate surface area is 103 Å². The lowest BCUT2D eigenvalue weighted by atomic mass is 10.3. The molecule has 7 heteroatoms. The van der Waals surface area contributed by atoms with Crippen LogP contribution in [0.25, 0.3) is 0 Å². The average molecular weight is 254 g/mol. The molecule has 0 saturated carbocycles. The first-order valence-corrected chi connectivity index (χ1v) is 5.35. The number of aromatic nitrogens is 3. The first kappa shape index (κ1) is 11.7. The van der Waals surface area contributed by atoms with Crippen LogP contribution in [0.5, 0.6) is 0 Å². The van der Waals surface area contributed by atoms with Gasteiger partial charge in [-0.15, -0.1) is 0 Å². The third-order valence-corrected chi connectivity index (χ3v) is 2.60. The Morgan fingerprint density at radius 2 is 2.24 bits per heavy atom. The van der Waals surface area contributed by atoms with Gasteiger partial charge in [-0.25, -0.2) is 9.97 Å². The molecule has 0 spiro atoms. The fourth-order valence-electron chi connectivity index (χ4n) is 1.45. The van der Waals surface area contributed by atoms with Gasteiger partial charge in [0, 0.05) is 13.1 Å². The zero-order valence-electron chi connectivity index (χ0n) is 9.51. The van der Waals surface area contributed by atoms with Crippen LogP contribution in [0.1, 0.15) is 11.5 Å². The van der Waals surface area contributed by atoms with Gasteiger partial charge in [0.15, 0.2) is 5.82 Å². The molecule has 0 atom stereocenters. The first-order valence-electron chi connectivity index (χ1n) is 4.97. The van der Waals surface area contributed by atoms with E-state index in [1.165, 1.54) is 6.33 Å². The van der Waals surface area contributed by atoms with E-state index in [1.807, 2.05) is 24.9 Å². The number of rotatable bonds is 3. The van der Waals surface area contributed by atoms with E-state index in [4.69, 9.17) is 21.9 Å². The zero-order chi connectivity index (χ0) is 12.4. The van der Waals surface area contributed by atoms with Gasteiger partial charge >= 0.3 is 0 Å². The van der Waals surface area contributed by atoms with Crippen molar-refractivity contribution in [3.8, 4) is 0 Å². The maximum atomic E-state index is 6.02. The second kappa shape index (κ2) is 4.58. The van der Waals surface area contributed by atoms with Gasteiger partial charge in [0.1, 0.15) is 28.6 Å². The molecule has 0 bridgehead atoms. The lowest BCUT2D eigenvalue weighted by Gasteiger charge is -2.17. The van der Waals surface area contributed by atoms with Crippen LogP contribution in [0.2, 0.25) is 5.02 Å². The molecule has 2 rings (SSSR count). The number of halogens is 1. The van der Waals surface area contributed by atoms with Crippen molar-refractivity contribution in [2.45, 2.75) is 13.5 Å². The van der Waals surface area contributed by atoms with Gasteiger partial charge in [-0.05, 0) is 6.92 Å². The minimum atomic E-state index is 0.264. The summed E-state index contributed by atoms with van der Waals surface area (Å²) in [5.41, 5.74) is 6.42. The Morgan fingerprint density at radius 1 is 1.47 bits per heavy atom. The van der Waals surface area contributed by atoms with Crippen LogP contribution in [0.15, 0.2) is 16.9 Å². The van der Waals surface area contributed by atoms with Crippen molar-refractivity contribution < 1.29 is 4.52 Å².